The number of hydrogen-bond donors (Lipinski definition) is 1. The molecule has 1 aromatic rings. The van der Waals surface area contributed by atoms with E-state index in [1.807, 2.05) is 0 Å². The van der Waals surface area contributed by atoms with Gasteiger partial charge in [0.05, 0.1) is 7.11 Å². The van der Waals surface area contributed by atoms with E-state index < -0.39 is 0 Å². The van der Waals surface area contributed by atoms with E-state index in [4.69, 9.17) is 16.7 Å². The van der Waals surface area contributed by atoms with Crippen LogP contribution in [0.2, 0.25) is 5.28 Å². The van der Waals surface area contributed by atoms with Crippen molar-refractivity contribution in [2.45, 2.75) is 6.61 Å². The number of hydrogen-bond acceptors (Lipinski definition) is 5. The van der Waals surface area contributed by atoms with Crippen LogP contribution < -0.4 is 4.74 Å². The van der Waals surface area contributed by atoms with Gasteiger partial charge in [-0.05, 0) is 11.6 Å². The van der Waals surface area contributed by atoms with E-state index >= 15 is 0 Å². The molecule has 5 nitrogen and oxygen atoms in total. The van der Waals surface area contributed by atoms with E-state index in [0.717, 1.165) is 0 Å². The van der Waals surface area contributed by atoms with Gasteiger partial charge in [-0.1, -0.05) is 0 Å². The fourth-order valence-corrected chi connectivity index (χ4v) is 0.703. The summed E-state index contributed by atoms with van der Waals surface area (Å²) in [6.45, 7) is -0.279. The second-order valence-corrected chi connectivity index (χ2v) is 2.00. The molecule has 11 heavy (non-hydrogen) atoms. The van der Waals surface area contributed by atoms with Crippen LogP contribution in [0.25, 0.3) is 0 Å². The molecule has 1 rings (SSSR count). The van der Waals surface area contributed by atoms with Gasteiger partial charge in [0.1, 0.15) is 6.61 Å². The summed E-state index contributed by atoms with van der Waals surface area (Å²) in [4.78, 5) is 10.9. The van der Waals surface area contributed by atoms with Crippen molar-refractivity contribution in [3.63, 3.8) is 0 Å². The molecule has 0 aliphatic carbocycles. The summed E-state index contributed by atoms with van der Waals surface area (Å²) in [5, 5.41) is 8.63. The third-order valence-corrected chi connectivity index (χ3v) is 1.13. The third kappa shape index (κ3) is 1.99. The first-order valence-electron chi connectivity index (χ1n) is 2.81. The van der Waals surface area contributed by atoms with Gasteiger partial charge in [-0.2, -0.15) is 15.0 Å². The number of ether oxygens (including phenoxy) is 1. The van der Waals surface area contributed by atoms with E-state index in [0.29, 0.717) is 0 Å². The quantitative estimate of drug-likeness (QED) is 0.687. The molecule has 0 fully saturated rings. The SMILES string of the molecule is COc1nc(Cl)nc(CO)n1. The molecule has 60 valence electrons. The normalized spacial score (nSPS) is 9.73. The maximum absolute atomic E-state index is 8.62. The number of methoxy groups -OCH3 is 1. The predicted molar refractivity (Wildman–Crippen MR) is 37.3 cm³/mol. The summed E-state index contributed by atoms with van der Waals surface area (Å²) in [6, 6.07) is 0.106. The molecular formula is C5H6ClN3O2. The first-order valence-corrected chi connectivity index (χ1v) is 3.19. The van der Waals surface area contributed by atoms with Crippen molar-refractivity contribution in [3.05, 3.63) is 11.1 Å². The average Bonchev–Trinajstić information content (AvgIpc) is 2.03. The Bertz CT molecular complexity index is 233. The Morgan fingerprint density at radius 2 is 2.18 bits per heavy atom. The van der Waals surface area contributed by atoms with Gasteiger partial charge in [0, 0.05) is 0 Å². The van der Waals surface area contributed by atoms with E-state index in [-0.39, 0.29) is 23.7 Å². The van der Waals surface area contributed by atoms with Crippen molar-refractivity contribution in [1.29, 1.82) is 0 Å². The molecule has 0 amide bonds. The molecule has 1 aromatic heterocycles. The average molecular weight is 176 g/mol. The minimum atomic E-state index is -0.279. The lowest BCUT2D eigenvalue weighted by atomic mass is 10.6. The van der Waals surface area contributed by atoms with Gasteiger partial charge in [-0.15, -0.1) is 0 Å². The Morgan fingerprint density at radius 1 is 1.45 bits per heavy atom. The number of aliphatic hydroxyl groups is 1. The highest BCUT2D eigenvalue weighted by Gasteiger charge is 2.02. The molecule has 0 unspecified atom stereocenters. The van der Waals surface area contributed by atoms with Crippen molar-refractivity contribution in [2.24, 2.45) is 0 Å². The van der Waals surface area contributed by atoms with Gasteiger partial charge >= 0.3 is 6.01 Å². The van der Waals surface area contributed by atoms with Crippen LogP contribution in [0.4, 0.5) is 0 Å². The zero-order chi connectivity index (χ0) is 8.27. The van der Waals surface area contributed by atoms with Crippen LogP contribution in [-0.2, 0) is 6.61 Å². The first kappa shape index (κ1) is 8.16. The van der Waals surface area contributed by atoms with Gasteiger partial charge in [0.15, 0.2) is 5.82 Å². The second kappa shape index (κ2) is 3.45. The zero-order valence-corrected chi connectivity index (χ0v) is 6.54. The molecule has 0 atom stereocenters. The van der Waals surface area contributed by atoms with Crippen molar-refractivity contribution < 1.29 is 9.84 Å². The number of aliphatic hydroxyl groups excluding tert-OH is 1. The molecule has 0 spiro atoms. The topological polar surface area (TPSA) is 68.1 Å². The summed E-state index contributed by atoms with van der Waals surface area (Å²) in [5.41, 5.74) is 0. The van der Waals surface area contributed by atoms with Gasteiger partial charge in [-0.25, -0.2) is 0 Å². The third-order valence-electron chi connectivity index (χ3n) is 0.958. The van der Waals surface area contributed by atoms with Gasteiger partial charge in [-0.3, -0.25) is 0 Å². The summed E-state index contributed by atoms with van der Waals surface area (Å²) in [6.07, 6.45) is 0. The van der Waals surface area contributed by atoms with Crippen molar-refractivity contribution >= 4 is 11.6 Å². The Hall–Kier alpha value is -0.940. The molecule has 0 aliphatic rings. The number of halogens is 1. The highest BCUT2D eigenvalue weighted by Crippen LogP contribution is 2.06. The minimum Gasteiger partial charge on any atom is -0.467 e. The summed E-state index contributed by atoms with van der Waals surface area (Å²) in [7, 11) is 1.41. The Balaban J connectivity index is 3.02. The van der Waals surface area contributed by atoms with Crippen LogP contribution >= 0.6 is 11.6 Å². The fraction of sp³-hybridized carbons (Fsp3) is 0.400. The molecule has 0 bridgehead atoms. The molecule has 0 radical (unpaired) electrons. The van der Waals surface area contributed by atoms with E-state index in [1.165, 1.54) is 7.11 Å². The van der Waals surface area contributed by atoms with Crippen molar-refractivity contribution in [3.8, 4) is 6.01 Å². The lowest BCUT2D eigenvalue weighted by molar-refractivity contribution is 0.266. The first-order chi connectivity index (χ1) is 5.26. The van der Waals surface area contributed by atoms with E-state index in [9.17, 15) is 0 Å². The Morgan fingerprint density at radius 3 is 2.73 bits per heavy atom. The Kier molecular flexibility index (Phi) is 2.56. The lowest BCUT2D eigenvalue weighted by Crippen LogP contribution is -2.00. The second-order valence-electron chi connectivity index (χ2n) is 1.67. The van der Waals surface area contributed by atoms with Crippen LogP contribution in [0, 0.1) is 0 Å². The van der Waals surface area contributed by atoms with Crippen molar-refractivity contribution in [2.75, 3.05) is 7.11 Å². The molecule has 0 saturated carbocycles. The highest BCUT2D eigenvalue weighted by atomic mass is 35.5. The van der Waals surface area contributed by atoms with Gasteiger partial charge in [0.2, 0.25) is 5.28 Å². The van der Waals surface area contributed by atoms with Crippen LogP contribution in [0.1, 0.15) is 5.82 Å². The molecule has 0 saturated heterocycles. The van der Waals surface area contributed by atoms with E-state index in [2.05, 4.69) is 19.7 Å². The molecule has 1 N–H and O–H groups in total. The number of rotatable bonds is 2. The number of nitrogens with zero attached hydrogens (tertiary/aromatic N) is 3. The predicted octanol–water partition coefficient (Wildman–Crippen LogP) is 0.0259. The summed E-state index contributed by atoms with van der Waals surface area (Å²) < 4.78 is 4.68. The van der Waals surface area contributed by atoms with Crippen LogP contribution in [0.15, 0.2) is 0 Å². The molecule has 1 heterocycles. The smallest absolute Gasteiger partial charge is 0.320 e. The molecule has 6 heteroatoms. The zero-order valence-electron chi connectivity index (χ0n) is 5.78. The van der Waals surface area contributed by atoms with Crippen molar-refractivity contribution in [1.82, 2.24) is 15.0 Å². The maximum atomic E-state index is 8.62. The summed E-state index contributed by atoms with van der Waals surface area (Å²) in [5.74, 6) is 0.196. The Labute approximate surface area is 68.0 Å². The molecule has 0 aliphatic heterocycles. The highest BCUT2D eigenvalue weighted by molar-refractivity contribution is 6.28. The van der Waals surface area contributed by atoms with E-state index in [1.54, 1.807) is 0 Å². The maximum Gasteiger partial charge on any atom is 0.320 e. The monoisotopic (exact) mass is 175 g/mol. The van der Waals surface area contributed by atoms with Crippen LogP contribution in [0.3, 0.4) is 0 Å². The number of aromatic nitrogens is 3. The largest absolute Gasteiger partial charge is 0.467 e. The molecular weight excluding hydrogens is 170 g/mol. The molecule has 0 aromatic carbocycles. The standard InChI is InChI=1S/C5H6ClN3O2/c1-11-5-8-3(2-10)7-4(6)9-5/h10H,2H2,1H3. The van der Waals surface area contributed by atoms with Gasteiger partial charge in [0.25, 0.3) is 0 Å². The summed E-state index contributed by atoms with van der Waals surface area (Å²) >= 11 is 5.45. The lowest BCUT2D eigenvalue weighted by Gasteiger charge is -1.98. The van der Waals surface area contributed by atoms with Gasteiger partial charge < -0.3 is 9.84 Å². The van der Waals surface area contributed by atoms with Crippen LogP contribution in [0.5, 0.6) is 6.01 Å². The van der Waals surface area contributed by atoms with Crippen LogP contribution in [-0.4, -0.2) is 27.2 Å². The minimum absolute atomic E-state index is 0.0147. The fourth-order valence-electron chi connectivity index (χ4n) is 0.533.